The molecule has 3 atom stereocenters. The SMILES string of the molecule is O=C(O)N1[C@@H]2CC[C@H]1CC(Oc1cc(F)ccc1Br)C2. The third-order valence-electron chi connectivity index (χ3n) is 4.10. The topological polar surface area (TPSA) is 49.8 Å². The summed E-state index contributed by atoms with van der Waals surface area (Å²) in [6, 6.07) is 4.40. The van der Waals surface area contributed by atoms with Gasteiger partial charge in [0.25, 0.3) is 0 Å². The Kier molecular flexibility index (Phi) is 3.58. The lowest BCUT2D eigenvalue weighted by Crippen LogP contribution is -2.48. The average Bonchev–Trinajstić information content (AvgIpc) is 2.66. The summed E-state index contributed by atoms with van der Waals surface area (Å²) >= 11 is 3.34. The van der Waals surface area contributed by atoms with Crippen molar-refractivity contribution < 1.29 is 19.0 Å². The summed E-state index contributed by atoms with van der Waals surface area (Å²) in [7, 11) is 0. The quantitative estimate of drug-likeness (QED) is 0.891. The van der Waals surface area contributed by atoms with Crippen LogP contribution in [0.25, 0.3) is 0 Å². The maximum atomic E-state index is 13.2. The van der Waals surface area contributed by atoms with Crippen molar-refractivity contribution >= 4 is 22.0 Å². The first-order chi connectivity index (χ1) is 9.54. The summed E-state index contributed by atoms with van der Waals surface area (Å²) in [5, 5.41) is 9.20. The number of piperidine rings is 1. The number of carbonyl (C=O) groups is 1. The van der Waals surface area contributed by atoms with Crippen LogP contribution in [0.2, 0.25) is 0 Å². The van der Waals surface area contributed by atoms with Crippen LogP contribution in [0.5, 0.6) is 5.75 Å². The fourth-order valence-corrected chi connectivity index (χ4v) is 3.62. The molecule has 2 saturated heterocycles. The van der Waals surface area contributed by atoms with E-state index in [1.807, 2.05) is 0 Å². The monoisotopic (exact) mass is 343 g/mol. The Balaban J connectivity index is 1.72. The zero-order valence-corrected chi connectivity index (χ0v) is 12.3. The number of halogens is 2. The average molecular weight is 344 g/mol. The Morgan fingerprint density at radius 2 is 2.00 bits per heavy atom. The summed E-state index contributed by atoms with van der Waals surface area (Å²) in [6.07, 6.45) is 2.23. The molecule has 3 rings (SSSR count). The lowest BCUT2D eigenvalue weighted by Gasteiger charge is -2.37. The molecular formula is C14H15BrFNO3. The molecule has 6 heteroatoms. The van der Waals surface area contributed by atoms with E-state index in [0.29, 0.717) is 23.1 Å². The van der Waals surface area contributed by atoms with Crippen molar-refractivity contribution in [1.29, 1.82) is 0 Å². The van der Waals surface area contributed by atoms with Crippen LogP contribution in [0.4, 0.5) is 9.18 Å². The molecule has 0 spiro atoms. The van der Waals surface area contributed by atoms with Crippen molar-refractivity contribution in [1.82, 2.24) is 4.90 Å². The smallest absolute Gasteiger partial charge is 0.407 e. The molecule has 4 nitrogen and oxygen atoms in total. The van der Waals surface area contributed by atoms with Gasteiger partial charge in [0.15, 0.2) is 0 Å². The van der Waals surface area contributed by atoms with Crippen LogP contribution in [-0.4, -0.2) is 34.3 Å². The molecular weight excluding hydrogens is 329 g/mol. The third-order valence-corrected chi connectivity index (χ3v) is 4.75. The first-order valence-electron chi connectivity index (χ1n) is 6.67. The van der Waals surface area contributed by atoms with Gasteiger partial charge in [0, 0.05) is 31.0 Å². The highest BCUT2D eigenvalue weighted by Crippen LogP contribution is 2.38. The summed E-state index contributed by atoms with van der Waals surface area (Å²) < 4.78 is 19.8. The Labute approximate surface area is 124 Å². The molecule has 1 unspecified atom stereocenters. The van der Waals surface area contributed by atoms with Gasteiger partial charge in [0.05, 0.1) is 4.47 Å². The summed E-state index contributed by atoms with van der Waals surface area (Å²) in [5.74, 6) is 0.146. The van der Waals surface area contributed by atoms with E-state index in [4.69, 9.17) is 4.74 Å². The van der Waals surface area contributed by atoms with Crippen LogP contribution in [0.1, 0.15) is 25.7 Å². The minimum absolute atomic E-state index is 0.0311. The van der Waals surface area contributed by atoms with Crippen molar-refractivity contribution in [3.63, 3.8) is 0 Å². The van der Waals surface area contributed by atoms with E-state index in [2.05, 4.69) is 15.9 Å². The predicted molar refractivity (Wildman–Crippen MR) is 74.4 cm³/mol. The van der Waals surface area contributed by atoms with Crippen LogP contribution >= 0.6 is 15.9 Å². The Hall–Kier alpha value is -1.30. The van der Waals surface area contributed by atoms with Gasteiger partial charge in [0.1, 0.15) is 17.7 Å². The van der Waals surface area contributed by atoms with Gasteiger partial charge in [0.2, 0.25) is 0 Å². The molecule has 1 amide bonds. The van der Waals surface area contributed by atoms with Gasteiger partial charge in [-0.1, -0.05) is 0 Å². The maximum Gasteiger partial charge on any atom is 0.407 e. The number of rotatable bonds is 2. The Morgan fingerprint density at radius 1 is 1.35 bits per heavy atom. The summed E-state index contributed by atoms with van der Waals surface area (Å²) in [5.41, 5.74) is 0. The zero-order chi connectivity index (χ0) is 14.3. The molecule has 20 heavy (non-hydrogen) atoms. The van der Waals surface area contributed by atoms with E-state index < -0.39 is 6.09 Å². The molecule has 0 radical (unpaired) electrons. The van der Waals surface area contributed by atoms with E-state index in [1.165, 1.54) is 12.1 Å². The first kappa shape index (κ1) is 13.7. The molecule has 0 saturated carbocycles. The van der Waals surface area contributed by atoms with Crippen molar-refractivity contribution in [3.05, 3.63) is 28.5 Å². The molecule has 1 aromatic carbocycles. The number of ether oxygens (including phenoxy) is 1. The fraction of sp³-hybridized carbons (Fsp3) is 0.500. The molecule has 0 aromatic heterocycles. The molecule has 2 fully saturated rings. The highest BCUT2D eigenvalue weighted by atomic mass is 79.9. The molecule has 1 aromatic rings. The molecule has 0 aliphatic carbocycles. The van der Waals surface area contributed by atoms with Gasteiger partial charge < -0.3 is 14.7 Å². The summed E-state index contributed by atoms with van der Waals surface area (Å²) in [6.45, 7) is 0. The number of benzene rings is 1. The van der Waals surface area contributed by atoms with Crippen LogP contribution in [0.3, 0.4) is 0 Å². The third kappa shape index (κ3) is 2.49. The Morgan fingerprint density at radius 3 is 2.60 bits per heavy atom. The van der Waals surface area contributed by atoms with E-state index in [9.17, 15) is 14.3 Å². The number of nitrogens with zero attached hydrogens (tertiary/aromatic N) is 1. The number of amides is 1. The Bertz CT molecular complexity index is 525. The largest absolute Gasteiger partial charge is 0.489 e. The molecule has 1 N–H and O–H groups in total. The second kappa shape index (κ2) is 5.24. The van der Waals surface area contributed by atoms with Crippen molar-refractivity contribution in [3.8, 4) is 5.75 Å². The zero-order valence-electron chi connectivity index (χ0n) is 10.8. The summed E-state index contributed by atoms with van der Waals surface area (Å²) in [4.78, 5) is 12.8. The van der Waals surface area contributed by atoms with Crippen LogP contribution in [-0.2, 0) is 0 Å². The minimum atomic E-state index is -0.845. The standard InChI is InChI=1S/C14H15BrFNO3/c15-12-4-1-8(16)5-13(12)20-11-6-9-2-3-10(7-11)17(9)14(18)19/h1,4-5,9-11H,2-3,6-7H2,(H,18,19)/t9-,10+,11?. The van der Waals surface area contributed by atoms with E-state index in [-0.39, 0.29) is 24.0 Å². The van der Waals surface area contributed by atoms with Gasteiger partial charge in [-0.15, -0.1) is 0 Å². The molecule has 108 valence electrons. The highest BCUT2D eigenvalue weighted by Gasteiger charge is 2.44. The van der Waals surface area contributed by atoms with Gasteiger partial charge in [-0.05, 0) is 40.9 Å². The second-order valence-corrected chi connectivity index (χ2v) is 6.22. The number of hydrogen-bond acceptors (Lipinski definition) is 2. The molecule has 2 heterocycles. The van der Waals surface area contributed by atoms with Crippen molar-refractivity contribution in [2.45, 2.75) is 43.9 Å². The second-order valence-electron chi connectivity index (χ2n) is 5.36. The van der Waals surface area contributed by atoms with E-state index in [1.54, 1.807) is 11.0 Å². The maximum absolute atomic E-state index is 13.2. The van der Waals surface area contributed by atoms with Gasteiger partial charge in [-0.2, -0.15) is 0 Å². The number of carboxylic acid groups (broad SMARTS) is 1. The highest BCUT2D eigenvalue weighted by molar-refractivity contribution is 9.10. The molecule has 2 aliphatic heterocycles. The lowest BCUT2D eigenvalue weighted by molar-refractivity contribution is 0.0492. The van der Waals surface area contributed by atoms with Gasteiger partial charge in [-0.25, -0.2) is 9.18 Å². The van der Waals surface area contributed by atoms with Crippen molar-refractivity contribution in [2.75, 3.05) is 0 Å². The molecule has 2 aliphatic rings. The van der Waals surface area contributed by atoms with Crippen LogP contribution in [0, 0.1) is 5.82 Å². The van der Waals surface area contributed by atoms with Gasteiger partial charge >= 0.3 is 6.09 Å². The normalized spacial score (nSPS) is 28.5. The first-order valence-corrected chi connectivity index (χ1v) is 7.47. The number of hydrogen-bond donors (Lipinski definition) is 1. The van der Waals surface area contributed by atoms with Gasteiger partial charge in [-0.3, -0.25) is 0 Å². The molecule has 2 bridgehead atoms. The predicted octanol–water partition coefficient (Wildman–Crippen LogP) is 3.64. The lowest BCUT2D eigenvalue weighted by atomic mass is 10.0. The van der Waals surface area contributed by atoms with E-state index >= 15 is 0 Å². The minimum Gasteiger partial charge on any atom is -0.489 e. The van der Waals surface area contributed by atoms with Crippen molar-refractivity contribution in [2.24, 2.45) is 0 Å². The van der Waals surface area contributed by atoms with Crippen LogP contribution < -0.4 is 4.74 Å². The fourth-order valence-electron chi connectivity index (χ4n) is 3.28. The number of fused-ring (bicyclic) bond motifs is 2. The van der Waals surface area contributed by atoms with Crippen LogP contribution in [0.15, 0.2) is 22.7 Å². The van der Waals surface area contributed by atoms with E-state index in [0.717, 1.165) is 12.8 Å².